The van der Waals surface area contributed by atoms with Gasteiger partial charge in [-0.05, 0) is 58.6 Å². The van der Waals surface area contributed by atoms with Crippen LogP contribution >= 0.6 is 11.8 Å². The van der Waals surface area contributed by atoms with E-state index in [0.717, 1.165) is 24.4 Å². The highest BCUT2D eigenvalue weighted by Gasteiger charge is 2.28. The van der Waals surface area contributed by atoms with Crippen LogP contribution in [0.5, 0.6) is 0 Å². The summed E-state index contributed by atoms with van der Waals surface area (Å²) in [4.78, 5) is 23.5. The van der Waals surface area contributed by atoms with Crippen molar-refractivity contribution in [2.75, 3.05) is 18.4 Å². The fraction of sp³-hybridized carbons (Fsp3) is 0.625. The Morgan fingerprint density at radius 1 is 1.19 bits per heavy atom. The molecule has 1 saturated carbocycles. The Morgan fingerprint density at radius 3 is 2.65 bits per heavy atom. The van der Waals surface area contributed by atoms with Gasteiger partial charge < -0.3 is 15.0 Å². The number of carbonyl (C=O) groups excluding carboxylic acids is 1. The largest absolute Gasteiger partial charge is 0.444 e. The van der Waals surface area contributed by atoms with Crippen molar-refractivity contribution in [2.24, 2.45) is 10.9 Å². The molecule has 2 aliphatic heterocycles. The summed E-state index contributed by atoms with van der Waals surface area (Å²) in [5.41, 5.74) is 0.567. The zero-order valence-electron chi connectivity index (χ0n) is 18.6. The predicted molar refractivity (Wildman–Crippen MR) is 126 cm³/mol. The van der Waals surface area contributed by atoms with Crippen LogP contribution in [0.15, 0.2) is 23.2 Å². The summed E-state index contributed by atoms with van der Waals surface area (Å²) in [6, 6.07) is 6.11. The molecule has 1 aromatic rings. The van der Waals surface area contributed by atoms with E-state index in [1.807, 2.05) is 39.1 Å². The van der Waals surface area contributed by atoms with Crippen LogP contribution in [0.25, 0.3) is 0 Å². The van der Waals surface area contributed by atoms with Gasteiger partial charge in [-0.1, -0.05) is 36.1 Å². The summed E-state index contributed by atoms with van der Waals surface area (Å²) in [6.07, 6.45) is 7.32. The second kappa shape index (κ2) is 9.52. The highest BCUT2D eigenvalue weighted by atomic mass is 32.2. The summed E-state index contributed by atoms with van der Waals surface area (Å²) >= 11 is 1.73. The molecule has 1 aromatic heterocycles. The van der Waals surface area contributed by atoms with Crippen molar-refractivity contribution >= 4 is 29.9 Å². The summed E-state index contributed by atoms with van der Waals surface area (Å²) in [7, 11) is 0. The number of nitrogens with zero attached hydrogens (tertiary/aromatic N) is 3. The smallest absolute Gasteiger partial charge is 0.410 e. The Balaban J connectivity index is 1.28. The van der Waals surface area contributed by atoms with Crippen LogP contribution in [0.1, 0.15) is 64.5 Å². The van der Waals surface area contributed by atoms with E-state index >= 15 is 0 Å². The van der Waals surface area contributed by atoms with Crippen LogP contribution in [-0.4, -0.2) is 51.6 Å². The first-order valence-electron chi connectivity index (χ1n) is 11.3. The Bertz CT molecular complexity index is 874. The standard InChI is InChI=1S/C24H32N4O2S/c1-24(2,3)30-23(29)28-14-12-18(13-15-28)20-8-5-9-21(26-20)27-22-25-16-19(31-22)11-10-17-6-4-7-17/h5,8-9,16-19,22H,4,6-7,12-15H2,1-3H3,(H,26,27). The van der Waals surface area contributed by atoms with E-state index in [-0.39, 0.29) is 16.8 Å². The van der Waals surface area contributed by atoms with Crippen molar-refractivity contribution in [2.45, 2.75) is 75.1 Å². The molecule has 7 heteroatoms. The van der Waals surface area contributed by atoms with E-state index in [9.17, 15) is 4.79 Å². The molecule has 0 spiro atoms. The number of rotatable bonds is 3. The highest BCUT2D eigenvalue weighted by molar-refractivity contribution is 8.01. The molecule has 0 aromatic carbocycles. The molecule has 0 bridgehead atoms. The maximum atomic E-state index is 12.3. The number of likely N-dealkylation sites (tertiary alicyclic amines) is 1. The molecule has 6 nitrogen and oxygen atoms in total. The molecule has 1 aliphatic carbocycles. The van der Waals surface area contributed by atoms with Gasteiger partial charge >= 0.3 is 6.09 Å². The van der Waals surface area contributed by atoms with E-state index in [0.29, 0.717) is 24.9 Å². The van der Waals surface area contributed by atoms with Crippen LogP contribution in [0.3, 0.4) is 0 Å². The number of hydrogen-bond acceptors (Lipinski definition) is 6. The van der Waals surface area contributed by atoms with Gasteiger partial charge in [0.1, 0.15) is 16.7 Å². The SMILES string of the molecule is CC(C)(C)OC(=O)N1CCC(c2cccc(NC3N=CC(C#CC4CCC4)S3)n2)CC1. The molecule has 4 rings (SSSR count). The van der Waals surface area contributed by atoms with E-state index < -0.39 is 5.60 Å². The summed E-state index contributed by atoms with van der Waals surface area (Å²) in [5.74, 6) is 8.52. The van der Waals surface area contributed by atoms with E-state index in [4.69, 9.17) is 9.72 Å². The number of thioether (sulfide) groups is 1. The molecule has 2 fully saturated rings. The number of ether oxygens (including phenoxy) is 1. The van der Waals surface area contributed by atoms with Gasteiger partial charge in [0, 0.05) is 36.8 Å². The van der Waals surface area contributed by atoms with E-state index in [2.05, 4.69) is 28.2 Å². The molecule has 1 saturated heterocycles. The molecular formula is C24H32N4O2S. The minimum atomic E-state index is -0.460. The third-order valence-corrected chi connectivity index (χ3v) is 6.80. The van der Waals surface area contributed by atoms with Crippen molar-refractivity contribution in [1.82, 2.24) is 9.88 Å². The van der Waals surface area contributed by atoms with Gasteiger partial charge in [0.05, 0.1) is 0 Å². The van der Waals surface area contributed by atoms with Crippen molar-refractivity contribution in [3.8, 4) is 11.8 Å². The van der Waals surface area contributed by atoms with Crippen LogP contribution in [0.4, 0.5) is 10.6 Å². The lowest BCUT2D eigenvalue weighted by molar-refractivity contribution is 0.0204. The van der Waals surface area contributed by atoms with Gasteiger partial charge in [0.2, 0.25) is 0 Å². The second-order valence-electron chi connectivity index (χ2n) is 9.46. The number of piperidine rings is 1. The average molecular weight is 441 g/mol. The van der Waals surface area contributed by atoms with Gasteiger partial charge in [0.15, 0.2) is 5.50 Å². The van der Waals surface area contributed by atoms with E-state index in [1.54, 1.807) is 16.7 Å². The molecule has 3 aliphatic rings. The number of aliphatic imine (C=N–C) groups is 1. The van der Waals surface area contributed by atoms with Crippen LogP contribution in [-0.2, 0) is 4.74 Å². The lowest BCUT2D eigenvalue weighted by Gasteiger charge is -2.33. The Morgan fingerprint density at radius 2 is 1.97 bits per heavy atom. The monoisotopic (exact) mass is 440 g/mol. The fourth-order valence-electron chi connectivity index (χ4n) is 3.83. The lowest BCUT2D eigenvalue weighted by atomic mass is 9.86. The number of carbonyl (C=O) groups is 1. The first kappa shape index (κ1) is 22.0. The Labute approximate surface area is 189 Å². The Kier molecular flexibility index (Phi) is 6.76. The average Bonchev–Trinajstić information content (AvgIpc) is 3.13. The topological polar surface area (TPSA) is 66.8 Å². The van der Waals surface area contributed by atoms with Crippen molar-refractivity contribution in [3.63, 3.8) is 0 Å². The number of hydrogen-bond donors (Lipinski definition) is 1. The first-order valence-corrected chi connectivity index (χ1v) is 12.2. The first-order chi connectivity index (χ1) is 14.9. The van der Waals surface area contributed by atoms with Crippen molar-refractivity contribution in [3.05, 3.63) is 23.9 Å². The third-order valence-electron chi connectivity index (χ3n) is 5.77. The molecule has 3 heterocycles. The van der Waals surface area contributed by atoms with Gasteiger partial charge in [-0.15, -0.1) is 0 Å². The molecule has 2 atom stereocenters. The van der Waals surface area contributed by atoms with Crippen LogP contribution < -0.4 is 5.32 Å². The van der Waals surface area contributed by atoms with E-state index in [1.165, 1.54) is 19.3 Å². The molecule has 0 radical (unpaired) electrons. The number of anilines is 1. The number of amides is 1. The predicted octanol–water partition coefficient (Wildman–Crippen LogP) is 4.88. The zero-order valence-corrected chi connectivity index (χ0v) is 19.5. The second-order valence-corrected chi connectivity index (χ2v) is 10.7. The van der Waals surface area contributed by atoms with Crippen LogP contribution in [0, 0.1) is 17.8 Å². The molecule has 31 heavy (non-hydrogen) atoms. The van der Waals surface area contributed by atoms with Gasteiger partial charge in [-0.3, -0.25) is 4.99 Å². The number of pyridine rings is 1. The fourth-order valence-corrected chi connectivity index (χ4v) is 4.71. The Hall–Kier alpha value is -2.20. The minimum Gasteiger partial charge on any atom is -0.444 e. The summed E-state index contributed by atoms with van der Waals surface area (Å²) < 4.78 is 5.50. The summed E-state index contributed by atoms with van der Waals surface area (Å²) in [6.45, 7) is 7.09. The number of nitrogens with one attached hydrogen (secondary N) is 1. The van der Waals surface area contributed by atoms with Gasteiger partial charge in [-0.2, -0.15) is 0 Å². The normalized spacial score (nSPS) is 24.3. The molecule has 1 N–H and O–H groups in total. The maximum Gasteiger partial charge on any atom is 0.410 e. The zero-order chi connectivity index (χ0) is 21.8. The highest BCUT2D eigenvalue weighted by Crippen LogP contribution is 2.30. The molecule has 1 amide bonds. The maximum absolute atomic E-state index is 12.3. The summed E-state index contributed by atoms with van der Waals surface area (Å²) in [5, 5.41) is 3.59. The molecule has 2 unspecified atom stereocenters. The molecule has 166 valence electrons. The third kappa shape index (κ3) is 6.16. The van der Waals surface area contributed by atoms with Crippen molar-refractivity contribution in [1.29, 1.82) is 0 Å². The quantitative estimate of drug-likeness (QED) is 0.679. The molecular weight excluding hydrogens is 408 g/mol. The van der Waals surface area contributed by atoms with Gasteiger partial charge in [-0.25, -0.2) is 9.78 Å². The van der Waals surface area contributed by atoms with Gasteiger partial charge in [0.25, 0.3) is 0 Å². The lowest BCUT2D eigenvalue weighted by Crippen LogP contribution is -2.41. The van der Waals surface area contributed by atoms with Crippen LogP contribution in [0.2, 0.25) is 0 Å². The van der Waals surface area contributed by atoms with Crippen molar-refractivity contribution < 1.29 is 9.53 Å². The minimum absolute atomic E-state index is 0.0440. The number of aromatic nitrogens is 1.